The van der Waals surface area contributed by atoms with Crippen molar-refractivity contribution in [3.8, 4) is 0 Å². The zero-order chi connectivity index (χ0) is 22.6. The third-order valence-corrected chi connectivity index (χ3v) is 2.39. The summed E-state index contributed by atoms with van der Waals surface area (Å²) in [6.45, 7) is 0.225. The summed E-state index contributed by atoms with van der Waals surface area (Å²) in [5, 5.41) is 13.2. The van der Waals surface area contributed by atoms with Gasteiger partial charge < -0.3 is 21.1 Å². The van der Waals surface area contributed by atoms with Gasteiger partial charge >= 0.3 is 36.3 Å². The lowest BCUT2D eigenvalue weighted by atomic mass is 10.3. The summed E-state index contributed by atoms with van der Waals surface area (Å²) in [6, 6.07) is 0. The van der Waals surface area contributed by atoms with E-state index in [4.69, 9.17) is 9.90 Å². The van der Waals surface area contributed by atoms with Crippen LogP contribution < -0.4 is 16.0 Å². The predicted molar refractivity (Wildman–Crippen MR) is 73.9 cm³/mol. The molecule has 0 aromatic rings. The van der Waals surface area contributed by atoms with Crippen molar-refractivity contribution >= 4 is 17.8 Å². The Kier molecular flexibility index (Phi) is 12.2. The molecule has 0 bridgehead atoms. The molecule has 2 amide bonds. The molecule has 0 fully saturated rings. The van der Waals surface area contributed by atoms with Gasteiger partial charge in [0, 0.05) is 13.1 Å². The van der Waals surface area contributed by atoms with Gasteiger partial charge in [-0.3, -0.25) is 9.59 Å². The van der Waals surface area contributed by atoms with Crippen LogP contribution in [0.2, 0.25) is 0 Å². The van der Waals surface area contributed by atoms with Crippen molar-refractivity contribution in [2.45, 2.75) is 31.4 Å². The average Bonchev–Trinajstić information content (AvgIpc) is 2.50. The van der Waals surface area contributed by atoms with Crippen LogP contribution in [0.15, 0.2) is 0 Å². The van der Waals surface area contributed by atoms with Crippen LogP contribution in [0.25, 0.3) is 0 Å². The summed E-state index contributed by atoms with van der Waals surface area (Å²) in [5.41, 5.74) is 0. The van der Waals surface area contributed by atoms with Gasteiger partial charge in [-0.2, -0.15) is 39.5 Å². The number of amides is 2. The standard InChI is InChI=1S/C10H15F6N3O2.C2HF3O2/c11-9(12,13)7(20)18-5-1-3-17-4-2-6-19-8(21)10(14,15)16;3-2(4,5)1(6)7/h17H,1-6H2,(H,18,20)(H,19,21);(H,6,7). The molecule has 0 aliphatic carbocycles. The number of carbonyl (C=O) groups excluding carboxylic acids is 2. The van der Waals surface area contributed by atoms with E-state index in [1.54, 1.807) is 10.6 Å². The molecular formula is C12H16F9N3O4. The minimum absolute atomic E-state index is 0.170. The lowest BCUT2D eigenvalue weighted by Crippen LogP contribution is -2.38. The molecule has 4 N–H and O–H groups in total. The fraction of sp³-hybridized carbons (Fsp3) is 0.750. The minimum atomic E-state index is -5.08. The van der Waals surface area contributed by atoms with Gasteiger partial charge in [0.2, 0.25) is 0 Å². The monoisotopic (exact) mass is 437 g/mol. The summed E-state index contributed by atoms with van der Waals surface area (Å²) in [6.07, 6.45) is -14.4. The second-order valence-electron chi connectivity index (χ2n) is 4.77. The highest BCUT2D eigenvalue weighted by Crippen LogP contribution is 2.14. The minimum Gasteiger partial charge on any atom is -0.475 e. The maximum absolute atomic E-state index is 11.8. The Morgan fingerprint density at radius 1 is 0.607 bits per heavy atom. The number of carboxylic acid groups (broad SMARTS) is 1. The first kappa shape index (κ1) is 28.0. The van der Waals surface area contributed by atoms with E-state index >= 15 is 0 Å². The Balaban J connectivity index is 0. The van der Waals surface area contributed by atoms with Crippen LogP contribution in [0.1, 0.15) is 12.8 Å². The Morgan fingerprint density at radius 3 is 1.11 bits per heavy atom. The Labute approximate surface area is 151 Å². The molecule has 0 rings (SSSR count). The number of rotatable bonds is 8. The number of nitrogens with one attached hydrogen (secondary N) is 3. The first-order chi connectivity index (χ1) is 12.5. The van der Waals surface area contributed by atoms with E-state index in [9.17, 15) is 49.1 Å². The maximum Gasteiger partial charge on any atom is 0.490 e. The van der Waals surface area contributed by atoms with Crippen LogP contribution in [0.4, 0.5) is 39.5 Å². The fourth-order valence-corrected chi connectivity index (χ4v) is 1.16. The number of aliphatic carboxylic acids is 1. The zero-order valence-electron chi connectivity index (χ0n) is 13.8. The Morgan fingerprint density at radius 2 is 0.893 bits per heavy atom. The third kappa shape index (κ3) is 16.0. The summed E-state index contributed by atoms with van der Waals surface area (Å²) in [5.74, 6) is -6.79. The highest BCUT2D eigenvalue weighted by atomic mass is 19.4. The normalized spacial score (nSPS) is 11.9. The van der Waals surface area contributed by atoms with E-state index in [1.807, 2.05) is 0 Å². The molecule has 0 aliphatic heterocycles. The first-order valence-corrected chi connectivity index (χ1v) is 7.20. The van der Waals surface area contributed by atoms with Crippen molar-refractivity contribution in [2.75, 3.05) is 26.2 Å². The van der Waals surface area contributed by atoms with Crippen LogP contribution in [0, 0.1) is 0 Å². The molecule has 0 unspecified atom stereocenters. The van der Waals surface area contributed by atoms with Gasteiger partial charge in [-0.25, -0.2) is 4.79 Å². The molecule has 0 aliphatic rings. The molecule has 7 nitrogen and oxygen atoms in total. The van der Waals surface area contributed by atoms with Crippen LogP contribution in [-0.2, 0) is 14.4 Å². The van der Waals surface area contributed by atoms with Gasteiger partial charge in [0.15, 0.2) is 0 Å². The summed E-state index contributed by atoms with van der Waals surface area (Å²) in [7, 11) is 0. The Bertz CT molecular complexity index is 472. The predicted octanol–water partition coefficient (Wildman–Crippen LogP) is 1.35. The molecule has 0 spiro atoms. The lowest BCUT2D eigenvalue weighted by molar-refractivity contribution is -0.192. The number of hydrogen-bond acceptors (Lipinski definition) is 4. The molecule has 0 aromatic heterocycles. The fourth-order valence-electron chi connectivity index (χ4n) is 1.16. The van der Waals surface area contributed by atoms with Crippen molar-refractivity contribution in [1.82, 2.24) is 16.0 Å². The second-order valence-corrected chi connectivity index (χ2v) is 4.77. The zero-order valence-corrected chi connectivity index (χ0v) is 13.8. The molecule has 0 radical (unpaired) electrons. The van der Waals surface area contributed by atoms with Crippen LogP contribution >= 0.6 is 0 Å². The summed E-state index contributed by atoms with van der Waals surface area (Å²) >= 11 is 0. The van der Waals surface area contributed by atoms with Gasteiger partial charge in [-0.15, -0.1) is 0 Å². The highest BCUT2D eigenvalue weighted by molar-refractivity contribution is 5.81. The second kappa shape index (κ2) is 12.2. The first-order valence-electron chi connectivity index (χ1n) is 7.20. The van der Waals surface area contributed by atoms with Crippen molar-refractivity contribution in [2.24, 2.45) is 0 Å². The average molecular weight is 437 g/mol. The molecule has 16 heteroatoms. The van der Waals surface area contributed by atoms with Crippen LogP contribution in [-0.4, -0.2) is 67.6 Å². The maximum atomic E-state index is 11.8. The number of alkyl halides is 9. The van der Waals surface area contributed by atoms with Crippen molar-refractivity contribution in [3.63, 3.8) is 0 Å². The van der Waals surface area contributed by atoms with E-state index in [2.05, 4.69) is 5.32 Å². The van der Waals surface area contributed by atoms with Crippen molar-refractivity contribution in [3.05, 3.63) is 0 Å². The van der Waals surface area contributed by atoms with E-state index in [-0.39, 0.29) is 39.0 Å². The summed E-state index contributed by atoms with van der Waals surface area (Å²) < 4.78 is 102. The van der Waals surface area contributed by atoms with E-state index in [0.29, 0.717) is 0 Å². The third-order valence-electron chi connectivity index (χ3n) is 2.39. The molecule has 0 saturated heterocycles. The molecule has 0 aromatic carbocycles. The van der Waals surface area contributed by atoms with Gasteiger partial charge in [-0.1, -0.05) is 0 Å². The van der Waals surface area contributed by atoms with Gasteiger partial charge in [0.25, 0.3) is 0 Å². The molecule has 166 valence electrons. The number of hydrogen-bond donors (Lipinski definition) is 4. The molecule has 0 heterocycles. The van der Waals surface area contributed by atoms with Gasteiger partial charge in [0.05, 0.1) is 0 Å². The molecular weight excluding hydrogens is 421 g/mol. The number of halogens is 9. The smallest absolute Gasteiger partial charge is 0.475 e. The summed E-state index contributed by atoms with van der Waals surface area (Å²) in [4.78, 5) is 29.7. The largest absolute Gasteiger partial charge is 0.490 e. The van der Waals surface area contributed by atoms with Gasteiger partial charge in [-0.05, 0) is 25.9 Å². The Hall–Kier alpha value is -2.26. The highest BCUT2D eigenvalue weighted by Gasteiger charge is 2.39. The SMILES string of the molecule is O=C(NCCCNCCCNC(=O)C(F)(F)F)C(F)(F)F.O=C(O)C(F)(F)F. The van der Waals surface area contributed by atoms with Crippen molar-refractivity contribution in [1.29, 1.82) is 0 Å². The van der Waals surface area contributed by atoms with E-state index in [0.717, 1.165) is 0 Å². The number of carboxylic acids is 1. The van der Waals surface area contributed by atoms with Gasteiger partial charge in [0.1, 0.15) is 0 Å². The van der Waals surface area contributed by atoms with E-state index < -0.39 is 36.3 Å². The van der Waals surface area contributed by atoms with E-state index in [1.165, 1.54) is 0 Å². The molecule has 0 saturated carbocycles. The number of carbonyl (C=O) groups is 3. The lowest BCUT2D eigenvalue weighted by Gasteiger charge is -2.09. The van der Waals surface area contributed by atoms with Crippen molar-refractivity contribution < 1.29 is 59.0 Å². The molecule has 28 heavy (non-hydrogen) atoms. The molecule has 0 atom stereocenters. The van der Waals surface area contributed by atoms with Crippen LogP contribution in [0.5, 0.6) is 0 Å². The quantitative estimate of drug-likeness (QED) is 0.339. The topological polar surface area (TPSA) is 108 Å². The van der Waals surface area contributed by atoms with Crippen LogP contribution in [0.3, 0.4) is 0 Å².